The van der Waals surface area contributed by atoms with Crippen LogP contribution in [0, 0.1) is 59.2 Å². The van der Waals surface area contributed by atoms with Gasteiger partial charge in [-0.05, 0) is 47.3 Å². The Kier molecular flexibility index (Phi) is 0.659. The molecule has 0 N–H and O–H groups in total. The third-order valence-corrected chi connectivity index (χ3v) is 6.57. The van der Waals surface area contributed by atoms with Crippen LogP contribution >= 0.6 is 0 Å². The molecule has 1 aliphatic heterocycles. The van der Waals surface area contributed by atoms with E-state index in [0.717, 1.165) is 35.5 Å². The molecular weight excluding hydrogens is 192 g/mol. The van der Waals surface area contributed by atoms with E-state index < -0.39 is 0 Å². The van der Waals surface area contributed by atoms with E-state index in [1.165, 1.54) is 0 Å². The largest absolute Gasteiger partial charge is 0.393 e. The minimum Gasteiger partial charge on any atom is -0.393 e. The normalized spacial score (nSPS) is 78.1. The molecule has 7 rings (SSSR count). The zero-order valence-corrected chi connectivity index (χ0v) is 8.00. The van der Waals surface area contributed by atoms with Crippen molar-refractivity contribution in [2.75, 3.05) is 0 Å². The number of carbonyl (C=O) groups excluding carboxylic acids is 2. The van der Waals surface area contributed by atoms with Crippen LogP contribution in [0.5, 0.6) is 0 Å². The predicted molar refractivity (Wildman–Crippen MR) is 46.0 cm³/mol. The van der Waals surface area contributed by atoms with Crippen LogP contribution in [0.4, 0.5) is 0 Å². The van der Waals surface area contributed by atoms with Crippen LogP contribution in [0.15, 0.2) is 0 Å². The molecule has 15 heavy (non-hydrogen) atoms. The average Bonchev–Trinajstić information content (AvgIpc) is 2.99. The highest BCUT2D eigenvalue weighted by Crippen LogP contribution is 2.93. The predicted octanol–water partition coefficient (Wildman–Crippen LogP) is 0.300. The van der Waals surface area contributed by atoms with Gasteiger partial charge in [-0.15, -0.1) is 0 Å². The van der Waals surface area contributed by atoms with Crippen molar-refractivity contribution in [1.29, 1.82) is 0 Å². The second kappa shape index (κ2) is 1.48. The molecular formula is C12H10O3. The molecule has 6 saturated carbocycles. The van der Waals surface area contributed by atoms with Crippen LogP contribution in [0.1, 0.15) is 0 Å². The molecule has 8 atom stereocenters. The zero-order chi connectivity index (χ0) is 9.64. The minimum absolute atomic E-state index is 0.0116. The van der Waals surface area contributed by atoms with Crippen LogP contribution in [0.25, 0.3) is 0 Å². The summed E-state index contributed by atoms with van der Waals surface area (Å²) < 4.78 is 4.86. The van der Waals surface area contributed by atoms with Gasteiger partial charge < -0.3 is 4.74 Å². The Labute approximate surface area is 86.2 Å². The van der Waals surface area contributed by atoms with E-state index in [9.17, 15) is 9.59 Å². The summed E-state index contributed by atoms with van der Waals surface area (Å²) >= 11 is 0. The second-order valence-electron chi connectivity index (χ2n) is 6.41. The standard InChI is InChI=1S/C12H10O3/c13-11-9-7-3-1-2-5(7)6(2)8(4(1)3)10(9)12(14)15-11/h1-10H/t1?,2?,3-,4+,5-,6+,7?,8?,9-,10-/m1/s1. The number of esters is 2. The van der Waals surface area contributed by atoms with Gasteiger partial charge in [-0.25, -0.2) is 0 Å². The zero-order valence-electron chi connectivity index (χ0n) is 8.00. The van der Waals surface area contributed by atoms with Crippen molar-refractivity contribution in [3.8, 4) is 0 Å². The molecule has 7 aliphatic rings. The van der Waals surface area contributed by atoms with Crippen molar-refractivity contribution in [2.45, 2.75) is 0 Å². The maximum absolute atomic E-state index is 11.7. The fourth-order valence-corrected chi connectivity index (χ4v) is 6.64. The Morgan fingerprint density at radius 1 is 0.600 bits per heavy atom. The van der Waals surface area contributed by atoms with E-state index in [0.29, 0.717) is 11.8 Å². The minimum atomic E-state index is -0.185. The van der Waals surface area contributed by atoms with Crippen LogP contribution in [0.2, 0.25) is 0 Å². The Balaban J connectivity index is 1.65. The summed E-state index contributed by atoms with van der Waals surface area (Å²) in [6, 6.07) is 0. The fraction of sp³-hybridized carbons (Fsp3) is 0.833. The Morgan fingerprint density at radius 2 is 0.933 bits per heavy atom. The van der Waals surface area contributed by atoms with Gasteiger partial charge in [0.25, 0.3) is 0 Å². The fourth-order valence-electron chi connectivity index (χ4n) is 6.64. The summed E-state index contributed by atoms with van der Waals surface area (Å²) in [7, 11) is 0. The summed E-state index contributed by atoms with van der Waals surface area (Å²) in [5, 5.41) is 0. The summed E-state index contributed by atoms with van der Waals surface area (Å²) in [5.41, 5.74) is 0. The first-order chi connectivity index (χ1) is 7.30. The maximum atomic E-state index is 11.7. The van der Waals surface area contributed by atoms with Crippen LogP contribution in [-0.4, -0.2) is 11.9 Å². The van der Waals surface area contributed by atoms with E-state index in [-0.39, 0.29) is 23.8 Å². The first-order valence-electron chi connectivity index (χ1n) is 6.06. The molecule has 76 valence electrons. The Hall–Kier alpha value is -0.860. The SMILES string of the molecule is O=C1OC(=O)[C@@H]2C3[C@@H]4C5C6[C@H](C([C@@H]54)[C@@H]12)[C@@H]63. The highest BCUT2D eigenvalue weighted by Gasteiger charge is 2.93. The topological polar surface area (TPSA) is 43.4 Å². The van der Waals surface area contributed by atoms with E-state index in [1.807, 2.05) is 0 Å². The number of ether oxygens (including phenoxy) is 1. The number of carbonyl (C=O) groups is 2. The Bertz CT molecular complexity index is 407. The molecule has 3 heteroatoms. The number of hydrogen-bond donors (Lipinski definition) is 0. The lowest BCUT2D eigenvalue weighted by molar-refractivity contribution is -0.154. The van der Waals surface area contributed by atoms with Gasteiger partial charge in [0, 0.05) is 0 Å². The first kappa shape index (κ1) is 6.66. The van der Waals surface area contributed by atoms with Crippen molar-refractivity contribution in [2.24, 2.45) is 59.2 Å². The van der Waals surface area contributed by atoms with E-state index in [4.69, 9.17) is 4.74 Å². The van der Waals surface area contributed by atoms with Crippen molar-refractivity contribution < 1.29 is 14.3 Å². The van der Waals surface area contributed by atoms with Crippen molar-refractivity contribution in [1.82, 2.24) is 0 Å². The quantitative estimate of drug-likeness (QED) is 0.419. The van der Waals surface area contributed by atoms with E-state index in [1.54, 1.807) is 0 Å². The van der Waals surface area contributed by atoms with Crippen molar-refractivity contribution >= 4 is 11.9 Å². The lowest BCUT2D eigenvalue weighted by Gasteiger charge is -2.40. The average molecular weight is 202 g/mol. The molecule has 1 saturated heterocycles. The van der Waals surface area contributed by atoms with Gasteiger partial charge in [-0.2, -0.15) is 0 Å². The molecule has 2 bridgehead atoms. The first-order valence-corrected chi connectivity index (χ1v) is 6.06. The van der Waals surface area contributed by atoms with E-state index in [2.05, 4.69) is 0 Å². The molecule has 1 heterocycles. The van der Waals surface area contributed by atoms with Gasteiger partial charge in [0.05, 0.1) is 11.8 Å². The lowest BCUT2D eigenvalue weighted by atomic mass is 9.59. The van der Waals surface area contributed by atoms with Crippen molar-refractivity contribution in [3.05, 3.63) is 0 Å². The highest BCUT2D eigenvalue weighted by atomic mass is 16.6. The lowest BCUT2D eigenvalue weighted by Crippen LogP contribution is -2.45. The summed E-state index contributed by atoms with van der Waals surface area (Å²) in [4.78, 5) is 23.4. The molecule has 6 aliphatic carbocycles. The smallest absolute Gasteiger partial charge is 0.317 e. The molecule has 7 fully saturated rings. The van der Waals surface area contributed by atoms with Gasteiger partial charge in [-0.3, -0.25) is 9.59 Å². The molecule has 0 aromatic carbocycles. The number of cyclic esters (lactones) is 2. The molecule has 0 spiro atoms. The third-order valence-electron chi connectivity index (χ3n) is 6.57. The second-order valence-corrected chi connectivity index (χ2v) is 6.41. The summed E-state index contributed by atoms with van der Waals surface area (Å²) in [6.07, 6.45) is 0. The summed E-state index contributed by atoms with van der Waals surface area (Å²) in [6.45, 7) is 0. The van der Waals surface area contributed by atoms with Gasteiger partial charge in [0.2, 0.25) is 0 Å². The number of rotatable bonds is 0. The van der Waals surface area contributed by atoms with Gasteiger partial charge in [-0.1, -0.05) is 0 Å². The Morgan fingerprint density at radius 3 is 1.33 bits per heavy atom. The van der Waals surface area contributed by atoms with Gasteiger partial charge in [0.15, 0.2) is 0 Å². The molecule has 2 unspecified atom stereocenters. The molecule has 0 aromatic heterocycles. The third kappa shape index (κ3) is 0.409. The molecule has 0 amide bonds. The van der Waals surface area contributed by atoms with Gasteiger partial charge >= 0.3 is 11.9 Å². The molecule has 0 radical (unpaired) electrons. The number of hydrogen-bond acceptors (Lipinski definition) is 3. The summed E-state index contributed by atoms with van der Waals surface area (Å²) in [5.74, 6) is 5.90. The van der Waals surface area contributed by atoms with Crippen LogP contribution in [-0.2, 0) is 14.3 Å². The van der Waals surface area contributed by atoms with Crippen molar-refractivity contribution in [3.63, 3.8) is 0 Å². The maximum Gasteiger partial charge on any atom is 0.317 e. The molecule has 3 nitrogen and oxygen atoms in total. The van der Waals surface area contributed by atoms with E-state index >= 15 is 0 Å². The monoisotopic (exact) mass is 202 g/mol. The highest BCUT2D eigenvalue weighted by molar-refractivity contribution is 5.98. The van der Waals surface area contributed by atoms with Crippen LogP contribution in [0.3, 0.4) is 0 Å². The van der Waals surface area contributed by atoms with Crippen LogP contribution < -0.4 is 0 Å². The molecule has 0 aromatic rings. The van der Waals surface area contributed by atoms with Gasteiger partial charge in [0.1, 0.15) is 0 Å².